The van der Waals surface area contributed by atoms with E-state index in [0.29, 0.717) is 17.8 Å². The predicted molar refractivity (Wildman–Crippen MR) is 95.2 cm³/mol. The maximum absolute atomic E-state index is 12.5. The van der Waals surface area contributed by atoms with E-state index in [0.717, 1.165) is 16.6 Å². The average Bonchev–Trinajstić information content (AvgIpc) is 3.03. The Hall–Kier alpha value is -3.35. The number of alkyl halides is 3. The minimum atomic E-state index is -4.73. The highest BCUT2D eigenvalue weighted by atomic mass is 19.4. The van der Waals surface area contributed by atoms with Crippen LogP contribution >= 0.6 is 0 Å². The Morgan fingerprint density at radius 2 is 1.74 bits per heavy atom. The van der Waals surface area contributed by atoms with E-state index < -0.39 is 6.36 Å². The lowest BCUT2D eigenvalue weighted by Crippen LogP contribution is -2.17. The number of halogens is 3. The molecule has 0 spiro atoms. The van der Waals surface area contributed by atoms with Gasteiger partial charge in [-0.15, -0.1) is 13.2 Å². The largest absolute Gasteiger partial charge is 0.573 e. The highest BCUT2D eigenvalue weighted by molar-refractivity contribution is 5.79. The summed E-state index contributed by atoms with van der Waals surface area (Å²) < 4.78 is 43.3. The molecule has 0 bridgehead atoms. The number of nitrogens with zero attached hydrogens (tertiary/aromatic N) is 3. The van der Waals surface area contributed by atoms with Gasteiger partial charge >= 0.3 is 6.36 Å². The van der Waals surface area contributed by atoms with Gasteiger partial charge in [0.25, 0.3) is 0 Å². The molecule has 4 aromatic rings. The van der Waals surface area contributed by atoms with Gasteiger partial charge in [-0.25, -0.2) is 4.98 Å². The summed E-state index contributed by atoms with van der Waals surface area (Å²) in [5.41, 5.74) is 3.77. The zero-order chi connectivity index (χ0) is 18.9. The minimum Gasteiger partial charge on any atom is -0.406 e. The van der Waals surface area contributed by atoms with Crippen molar-refractivity contribution in [3.8, 4) is 17.0 Å². The van der Waals surface area contributed by atoms with Crippen molar-refractivity contribution in [1.82, 2.24) is 14.5 Å². The summed E-state index contributed by atoms with van der Waals surface area (Å²) in [6, 6.07) is 17.5. The molecule has 27 heavy (non-hydrogen) atoms. The highest BCUT2D eigenvalue weighted by Crippen LogP contribution is 2.28. The fourth-order valence-electron chi connectivity index (χ4n) is 2.88. The molecule has 0 amide bonds. The van der Waals surface area contributed by atoms with E-state index in [1.165, 1.54) is 18.2 Å². The number of pyridine rings is 1. The van der Waals surface area contributed by atoms with E-state index in [1.807, 2.05) is 41.0 Å². The summed E-state index contributed by atoms with van der Waals surface area (Å²) in [5, 5.41) is 0. The molecule has 0 aliphatic carbocycles. The standard InChI is InChI=1S/C20H14F3N3O/c21-20(22,23)27-16-8-4-7-15(9-16)17-10-19-18(11-24-17)25-13-26(19)12-14-5-2-1-3-6-14/h1-11,13H,12H2. The second kappa shape index (κ2) is 6.75. The smallest absolute Gasteiger partial charge is 0.406 e. The quantitative estimate of drug-likeness (QED) is 0.506. The first-order chi connectivity index (χ1) is 13.0. The van der Waals surface area contributed by atoms with Crippen LogP contribution in [-0.2, 0) is 6.54 Å². The van der Waals surface area contributed by atoms with Gasteiger partial charge in [-0.05, 0) is 23.8 Å². The van der Waals surface area contributed by atoms with Gasteiger partial charge in [0.2, 0.25) is 0 Å². The molecule has 0 atom stereocenters. The van der Waals surface area contributed by atoms with Crippen molar-refractivity contribution in [2.24, 2.45) is 0 Å². The third-order valence-electron chi connectivity index (χ3n) is 4.07. The van der Waals surface area contributed by atoms with Crippen LogP contribution in [0.5, 0.6) is 5.75 Å². The van der Waals surface area contributed by atoms with Crippen molar-refractivity contribution in [3.63, 3.8) is 0 Å². The van der Waals surface area contributed by atoms with Crippen LogP contribution in [0.3, 0.4) is 0 Å². The molecule has 0 saturated heterocycles. The summed E-state index contributed by atoms with van der Waals surface area (Å²) >= 11 is 0. The molecule has 4 rings (SSSR count). The number of imidazole rings is 1. The molecule has 136 valence electrons. The molecular weight excluding hydrogens is 355 g/mol. The van der Waals surface area contributed by atoms with E-state index in [2.05, 4.69) is 14.7 Å². The molecule has 2 aromatic heterocycles. The minimum absolute atomic E-state index is 0.278. The van der Waals surface area contributed by atoms with Crippen LogP contribution in [0.1, 0.15) is 5.56 Å². The Balaban J connectivity index is 1.69. The topological polar surface area (TPSA) is 39.9 Å². The summed E-state index contributed by atoms with van der Waals surface area (Å²) in [5.74, 6) is -0.278. The number of rotatable bonds is 4. The molecule has 0 fully saturated rings. The van der Waals surface area contributed by atoms with Gasteiger partial charge in [-0.2, -0.15) is 0 Å². The lowest BCUT2D eigenvalue weighted by molar-refractivity contribution is -0.274. The van der Waals surface area contributed by atoms with Crippen LogP contribution in [0, 0.1) is 0 Å². The molecule has 0 radical (unpaired) electrons. The summed E-state index contributed by atoms with van der Waals surface area (Å²) in [4.78, 5) is 8.67. The lowest BCUT2D eigenvalue weighted by atomic mass is 10.1. The van der Waals surface area contributed by atoms with Crippen LogP contribution in [0.15, 0.2) is 73.2 Å². The van der Waals surface area contributed by atoms with Crippen molar-refractivity contribution in [1.29, 1.82) is 0 Å². The molecule has 0 N–H and O–H groups in total. The van der Waals surface area contributed by atoms with Gasteiger partial charge < -0.3 is 9.30 Å². The van der Waals surface area contributed by atoms with E-state index in [-0.39, 0.29) is 5.75 Å². The Morgan fingerprint density at radius 1 is 0.926 bits per heavy atom. The number of hydrogen-bond acceptors (Lipinski definition) is 3. The van der Waals surface area contributed by atoms with Crippen molar-refractivity contribution < 1.29 is 17.9 Å². The maximum Gasteiger partial charge on any atom is 0.573 e. The molecule has 7 heteroatoms. The van der Waals surface area contributed by atoms with Gasteiger partial charge in [0, 0.05) is 12.1 Å². The Kier molecular flexibility index (Phi) is 4.27. The monoisotopic (exact) mass is 369 g/mol. The Bertz CT molecular complexity index is 1070. The van der Waals surface area contributed by atoms with Gasteiger partial charge in [0.15, 0.2) is 0 Å². The number of ether oxygens (including phenoxy) is 1. The van der Waals surface area contributed by atoms with E-state index in [4.69, 9.17) is 0 Å². The van der Waals surface area contributed by atoms with Crippen molar-refractivity contribution in [2.75, 3.05) is 0 Å². The van der Waals surface area contributed by atoms with Crippen LogP contribution in [0.4, 0.5) is 13.2 Å². The molecule has 0 saturated carbocycles. The number of aromatic nitrogens is 3. The summed E-state index contributed by atoms with van der Waals surface area (Å²) in [7, 11) is 0. The first-order valence-corrected chi connectivity index (χ1v) is 8.19. The third-order valence-corrected chi connectivity index (χ3v) is 4.07. The fraction of sp³-hybridized carbons (Fsp3) is 0.100. The van der Waals surface area contributed by atoms with Crippen LogP contribution in [0.25, 0.3) is 22.3 Å². The summed E-state index contributed by atoms with van der Waals surface area (Å²) in [6.45, 7) is 0.637. The molecular formula is C20H14F3N3O. The first kappa shape index (κ1) is 17.1. The predicted octanol–water partition coefficient (Wildman–Crippen LogP) is 5.05. The fourth-order valence-corrected chi connectivity index (χ4v) is 2.88. The average molecular weight is 369 g/mol. The molecule has 0 unspecified atom stereocenters. The maximum atomic E-state index is 12.5. The van der Waals surface area contributed by atoms with Crippen molar-refractivity contribution >= 4 is 11.0 Å². The SMILES string of the molecule is FC(F)(F)Oc1cccc(-c2cc3c(cn2)ncn3Cc2ccccc2)c1. The van der Waals surface area contributed by atoms with Gasteiger partial charge in [0.1, 0.15) is 11.3 Å². The zero-order valence-electron chi connectivity index (χ0n) is 14.0. The Labute approximate surface area is 152 Å². The van der Waals surface area contributed by atoms with E-state index in [1.54, 1.807) is 18.6 Å². The summed E-state index contributed by atoms with van der Waals surface area (Å²) in [6.07, 6.45) is -1.39. The second-order valence-corrected chi connectivity index (χ2v) is 5.99. The number of fused-ring (bicyclic) bond motifs is 1. The highest BCUT2D eigenvalue weighted by Gasteiger charge is 2.31. The van der Waals surface area contributed by atoms with Gasteiger partial charge in [-0.1, -0.05) is 42.5 Å². The van der Waals surface area contributed by atoms with Crippen LogP contribution in [-0.4, -0.2) is 20.9 Å². The van der Waals surface area contributed by atoms with E-state index >= 15 is 0 Å². The van der Waals surface area contributed by atoms with Gasteiger partial charge in [-0.3, -0.25) is 4.98 Å². The van der Waals surface area contributed by atoms with Crippen molar-refractivity contribution in [3.05, 3.63) is 78.8 Å². The van der Waals surface area contributed by atoms with E-state index in [9.17, 15) is 13.2 Å². The molecule has 4 nitrogen and oxygen atoms in total. The normalized spacial score (nSPS) is 11.7. The zero-order valence-corrected chi connectivity index (χ0v) is 14.0. The lowest BCUT2D eigenvalue weighted by Gasteiger charge is -2.10. The molecule has 0 aliphatic heterocycles. The molecule has 0 aliphatic rings. The third kappa shape index (κ3) is 3.92. The molecule has 2 aromatic carbocycles. The van der Waals surface area contributed by atoms with Gasteiger partial charge in [0.05, 0.1) is 23.7 Å². The number of benzene rings is 2. The van der Waals surface area contributed by atoms with Crippen LogP contribution in [0.2, 0.25) is 0 Å². The van der Waals surface area contributed by atoms with Crippen LogP contribution < -0.4 is 4.74 Å². The first-order valence-electron chi connectivity index (χ1n) is 8.19. The van der Waals surface area contributed by atoms with Crippen molar-refractivity contribution in [2.45, 2.75) is 12.9 Å². The number of hydrogen-bond donors (Lipinski definition) is 0. The second-order valence-electron chi connectivity index (χ2n) is 5.99. The molecule has 2 heterocycles. The Morgan fingerprint density at radius 3 is 2.52 bits per heavy atom.